The Morgan fingerprint density at radius 2 is 2.13 bits per heavy atom. The van der Waals surface area contributed by atoms with Gasteiger partial charge >= 0.3 is 5.97 Å². The van der Waals surface area contributed by atoms with E-state index in [0.717, 1.165) is 0 Å². The molecule has 0 amide bonds. The molecule has 0 N–H and O–H groups in total. The van der Waals surface area contributed by atoms with E-state index in [0.29, 0.717) is 16.5 Å². The Balaban J connectivity index is 1.91. The van der Waals surface area contributed by atoms with Crippen molar-refractivity contribution in [2.45, 2.75) is 6.54 Å². The third kappa shape index (κ3) is 3.17. The second kappa shape index (κ2) is 6.35. The molecule has 0 saturated carbocycles. The van der Waals surface area contributed by atoms with Gasteiger partial charge < -0.3 is 4.74 Å². The second-order valence-electron chi connectivity index (χ2n) is 4.58. The number of nitrogens with zero attached hydrogens (tertiary/aromatic N) is 6. The number of esters is 1. The Morgan fingerprint density at radius 3 is 2.78 bits per heavy atom. The fourth-order valence-electron chi connectivity index (χ4n) is 1.93. The van der Waals surface area contributed by atoms with E-state index in [2.05, 4.69) is 20.6 Å². The lowest BCUT2D eigenvalue weighted by Gasteiger charge is -2.11. The molecule has 3 aromatic rings. The minimum absolute atomic E-state index is 0.195. The van der Waals surface area contributed by atoms with Crippen molar-refractivity contribution in [1.29, 1.82) is 0 Å². The summed E-state index contributed by atoms with van der Waals surface area (Å²) in [7, 11) is 1.66. The topological polar surface area (TPSA) is 87.7 Å². The maximum Gasteiger partial charge on any atom is 0.346 e. The predicted octanol–water partition coefficient (Wildman–Crippen LogP) is 1.98. The first-order valence-corrected chi connectivity index (χ1v) is 7.19. The lowest BCUT2D eigenvalue weighted by atomic mass is 10.1. The zero-order valence-electron chi connectivity index (χ0n) is 11.8. The summed E-state index contributed by atoms with van der Waals surface area (Å²) in [5.41, 5.74) is 0.723. The van der Waals surface area contributed by atoms with Gasteiger partial charge in [0.25, 0.3) is 0 Å². The van der Waals surface area contributed by atoms with Crippen LogP contribution >= 0.6 is 23.2 Å². The molecule has 0 aliphatic heterocycles. The first kappa shape index (κ1) is 15.4. The summed E-state index contributed by atoms with van der Waals surface area (Å²) in [4.78, 5) is 12.3. The molecule has 23 heavy (non-hydrogen) atoms. The molecule has 0 atom stereocenters. The van der Waals surface area contributed by atoms with Crippen LogP contribution in [0.5, 0.6) is 5.88 Å². The second-order valence-corrected chi connectivity index (χ2v) is 5.36. The lowest BCUT2D eigenvalue weighted by Crippen LogP contribution is -2.13. The van der Waals surface area contributed by atoms with Crippen LogP contribution in [0.25, 0.3) is 0 Å². The molecule has 2 aromatic heterocycles. The van der Waals surface area contributed by atoms with Crippen LogP contribution in [-0.4, -0.2) is 36.0 Å². The van der Waals surface area contributed by atoms with Gasteiger partial charge in [0.05, 0.1) is 23.3 Å². The molecular weight excluding hydrogens is 343 g/mol. The third-order valence-corrected chi connectivity index (χ3v) is 3.88. The van der Waals surface area contributed by atoms with E-state index in [1.807, 2.05) is 0 Å². The molecule has 0 spiro atoms. The molecule has 118 valence electrons. The Hall–Kier alpha value is -2.45. The Morgan fingerprint density at radius 1 is 1.30 bits per heavy atom. The number of aromatic nitrogens is 6. The highest BCUT2D eigenvalue weighted by atomic mass is 35.5. The van der Waals surface area contributed by atoms with E-state index in [-0.39, 0.29) is 17.1 Å². The molecule has 0 fully saturated rings. The summed E-state index contributed by atoms with van der Waals surface area (Å²) in [5, 5.41) is 15.4. The van der Waals surface area contributed by atoms with Gasteiger partial charge in [0.2, 0.25) is 5.88 Å². The Bertz CT molecular complexity index is 846. The number of halogens is 2. The highest BCUT2D eigenvalue weighted by Gasteiger charge is 2.19. The number of tetrazole rings is 1. The van der Waals surface area contributed by atoms with E-state index >= 15 is 0 Å². The van der Waals surface area contributed by atoms with Crippen LogP contribution in [0.15, 0.2) is 30.7 Å². The molecule has 2 heterocycles. The van der Waals surface area contributed by atoms with Gasteiger partial charge in [0.15, 0.2) is 0 Å². The van der Waals surface area contributed by atoms with E-state index < -0.39 is 5.97 Å². The molecule has 0 saturated heterocycles. The molecule has 0 aliphatic rings. The van der Waals surface area contributed by atoms with Gasteiger partial charge in [-0.1, -0.05) is 23.2 Å². The molecule has 0 aliphatic carbocycles. The summed E-state index contributed by atoms with van der Waals surface area (Å²) in [5.74, 6) is -0.295. The lowest BCUT2D eigenvalue weighted by molar-refractivity contribution is 0.0720. The van der Waals surface area contributed by atoms with Crippen LogP contribution in [-0.2, 0) is 13.6 Å². The van der Waals surface area contributed by atoms with Crippen LogP contribution < -0.4 is 4.74 Å². The van der Waals surface area contributed by atoms with Crippen LogP contribution in [0, 0.1) is 0 Å². The van der Waals surface area contributed by atoms with Crippen molar-refractivity contribution in [3.8, 4) is 5.88 Å². The molecule has 10 heteroatoms. The van der Waals surface area contributed by atoms with Gasteiger partial charge in [0.1, 0.15) is 6.33 Å². The van der Waals surface area contributed by atoms with Gasteiger partial charge in [-0.3, -0.25) is 0 Å². The summed E-state index contributed by atoms with van der Waals surface area (Å²) in [6.07, 6.45) is 2.95. The van der Waals surface area contributed by atoms with Crippen LogP contribution in [0.2, 0.25) is 10.0 Å². The maximum atomic E-state index is 12.3. The molecule has 8 nitrogen and oxygen atoms in total. The largest absolute Gasteiger partial charge is 0.404 e. The summed E-state index contributed by atoms with van der Waals surface area (Å²) >= 11 is 12.5. The summed E-state index contributed by atoms with van der Waals surface area (Å²) in [6, 6.07) is 4.66. The molecular formula is C13H10Cl2N6O2. The van der Waals surface area contributed by atoms with E-state index in [4.69, 9.17) is 27.9 Å². The zero-order valence-corrected chi connectivity index (χ0v) is 13.4. The quantitative estimate of drug-likeness (QED) is 0.667. The molecule has 0 bridgehead atoms. The van der Waals surface area contributed by atoms with Crippen LogP contribution in [0.1, 0.15) is 15.9 Å². The van der Waals surface area contributed by atoms with Crippen molar-refractivity contribution < 1.29 is 9.53 Å². The highest BCUT2D eigenvalue weighted by Crippen LogP contribution is 2.29. The SMILES string of the molecule is Cn1nccc1OC(=O)c1ccc(Cl)c(Cn2cnnn2)c1Cl. The fraction of sp³-hybridized carbons (Fsp3) is 0.154. The van der Waals surface area contributed by atoms with Gasteiger partial charge in [-0.15, -0.1) is 5.10 Å². The number of ether oxygens (including phenoxy) is 1. The molecule has 0 radical (unpaired) electrons. The number of rotatable bonds is 4. The Labute approximate surface area is 140 Å². The molecule has 1 aromatic carbocycles. The number of hydrogen-bond acceptors (Lipinski definition) is 6. The number of carbonyl (C=O) groups is 1. The monoisotopic (exact) mass is 352 g/mol. The maximum absolute atomic E-state index is 12.3. The zero-order chi connectivity index (χ0) is 16.4. The number of hydrogen-bond donors (Lipinski definition) is 0. The molecule has 0 unspecified atom stereocenters. The minimum Gasteiger partial charge on any atom is -0.404 e. The van der Waals surface area contributed by atoms with Crippen LogP contribution in [0.3, 0.4) is 0 Å². The standard InChI is InChI=1S/C13H10Cl2N6O2/c1-20-11(4-5-17-20)23-13(22)8-2-3-10(14)9(12(8)15)6-21-7-16-18-19-21/h2-5,7H,6H2,1H3. The predicted molar refractivity (Wildman–Crippen MR) is 81.5 cm³/mol. The van der Waals surface area contributed by atoms with Crippen molar-refractivity contribution in [2.24, 2.45) is 7.05 Å². The van der Waals surface area contributed by atoms with E-state index in [1.165, 1.54) is 28.0 Å². The van der Waals surface area contributed by atoms with Gasteiger partial charge in [0, 0.05) is 23.7 Å². The van der Waals surface area contributed by atoms with Crippen molar-refractivity contribution >= 4 is 29.2 Å². The first-order valence-electron chi connectivity index (χ1n) is 6.44. The van der Waals surface area contributed by atoms with E-state index in [9.17, 15) is 4.79 Å². The number of carbonyl (C=O) groups excluding carboxylic acids is 1. The summed E-state index contributed by atoms with van der Waals surface area (Å²) < 4.78 is 8.15. The average molecular weight is 353 g/mol. The number of aryl methyl sites for hydroxylation is 1. The molecule has 3 rings (SSSR count). The number of benzene rings is 1. The third-order valence-electron chi connectivity index (χ3n) is 3.09. The average Bonchev–Trinajstić information content (AvgIpc) is 3.16. The van der Waals surface area contributed by atoms with Gasteiger partial charge in [-0.25, -0.2) is 14.2 Å². The smallest absolute Gasteiger partial charge is 0.346 e. The summed E-state index contributed by atoms with van der Waals surface area (Å²) in [6.45, 7) is 0.234. The first-order chi connectivity index (χ1) is 11.1. The fourth-order valence-corrected chi connectivity index (χ4v) is 2.49. The van der Waals surface area contributed by atoms with Crippen molar-refractivity contribution in [3.05, 3.63) is 51.9 Å². The van der Waals surface area contributed by atoms with Gasteiger partial charge in [-0.05, 0) is 22.6 Å². The van der Waals surface area contributed by atoms with E-state index in [1.54, 1.807) is 19.2 Å². The van der Waals surface area contributed by atoms with Crippen molar-refractivity contribution in [3.63, 3.8) is 0 Å². The van der Waals surface area contributed by atoms with Crippen LogP contribution in [0.4, 0.5) is 0 Å². The normalized spacial score (nSPS) is 10.7. The van der Waals surface area contributed by atoms with Crippen molar-refractivity contribution in [2.75, 3.05) is 0 Å². The van der Waals surface area contributed by atoms with Crippen molar-refractivity contribution in [1.82, 2.24) is 30.0 Å². The highest BCUT2D eigenvalue weighted by molar-refractivity contribution is 6.38. The minimum atomic E-state index is -0.603. The Kier molecular flexibility index (Phi) is 4.26. The van der Waals surface area contributed by atoms with Gasteiger partial charge in [-0.2, -0.15) is 5.10 Å².